The summed E-state index contributed by atoms with van der Waals surface area (Å²) in [4.78, 5) is 30.0. The van der Waals surface area contributed by atoms with E-state index in [2.05, 4.69) is 35.1 Å². The predicted molar refractivity (Wildman–Crippen MR) is 134 cm³/mol. The van der Waals surface area contributed by atoms with E-state index in [1.54, 1.807) is 6.20 Å². The van der Waals surface area contributed by atoms with Gasteiger partial charge in [0.1, 0.15) is 11.4 Å². The Balaban J connectivity index is 1.55. The number of ether oxygens (including phenoxy) is 2. The molecule has 0 bridgehead atoms. The summed E-state index contributed by atoms with van der Waals surface area (Å²) >= 11 is 0. The summed E-state index contributed by atoms with van der Waals surface area (Å²) in [6.07, 6.45) is 4.18. The fraction of sp³-hybridized carbons (Fsp3) is 0.321. The first-order valence-electron chi connectivity index (χ1n) is 11.9. The molecule has 2 aromatic heterocycles. The van der Waals surface area contributed by atoms with E-state index in [-0.39, 0.29) is 23.6 Å². The highest BCUT2D eigenvalue weighted by atomic mass is 16.5. The number of carbonyl (C=O) groups is 1. The van der Waals surface area contributed by atoms with Crippen LogP contribution in [-0.2, 0) is 22.4 Å². The van der Waals surface area contributed by atoms with E-state index in [0.29, 0.717) is 12.0 Å². The van der Waals surface area contributed by atoms with Gasteiger partial charge in [0.2, 0.25) is 0 Å². The van der Waals surface area contributed by atoms with Gasteiger partial charge in [-0.1, -0.05) is 30.3 Å². The van der Waals surface area contributed by atoms with E-state index >= 15 is 0 Å². The molecule has 0 amide bonds. The molecule has 0 radical (unpaired) electrons. The van der Waals surface area contributed by atoms with Crippen LogP contribution in [0.4, 0.5) is 0 Å². The van der Waals surface area contributed by atoms with Crippen LogP contribution in [0.3, 0.4) is 0 Å². The zero-order chi connectivity index (χ0) is 24.6. The van der Waals surface area contributed by atoms with Crippen LogP contribution in [0.25, 0.3) is 10.9 Å². The minimum atomic E-state index is -0.484. The molecule has 4 aromatic rings. The number of H-pyrrole nitrogens is 2. The lowest BCUT2D eigenvalue weighted by molar-refractivity contribution is -0.140. The number of rotatable bonds is 6. The van der Waals surface area contributed by atoms with Gasteiger partial charge in [0.05, 0.1) is 19.0 Å². The predicted octanol–water partition coefficient (Wildman–Crippen LogP) is 4.64. The van der Waals surface area contributed by atoms with Crippen molar-refractivity contribution in [1.29, 1.82) is 0 Å². The van der Waals surface area contributed by atoms with Crippen LogP contribution in [-0.4, -0.2) is 33.9 Å². The summed E-state index contributed by atoms with van der Waals surface area (Å²) in [5, 5.41) is 6.72. The Labute approximate surface area is 203 Å². The maximum Gasteiger partial charge on any atom is 0.306 e. The van der Waals surface area contributed by atoms with Crippen molar-refractivity contribution in [2.75, 3.05) is 7.11 Å². The lowest BCUT2D eigenvalue weighted by Crippen LogP contribution is -2.32. The van der Waals surface area contributed by atoms with Crippen molar-refractivity contribution in [3.8, 4) is 5.75 Å². The SMILES string of the molecule is COC(=O)C[C@H](c1c(Cc2ccc3c(c2)CCC(C)(C)O3)[nH][nH]c1=O)c1ccnc2ccccc12. The average molecular weight is 472 g/mol. The first-order valence-corrected chi connectivity index (χ1v) is 11.9. The molecule has 3 heterocycles. The molecule has 0 saturated heterocycles. The van der Waals surface area contributed by atoms with Gasteiger partial charge >= 0.3 is 5.97 Å². The zero-order valence-electron chi connectivity index (χ0n) is 20.2. The Bertz CT molecular complexity index is 1440. The third-order valence-corrected chi connectivity index (χ3v) is 6.79. The van der Waals surface area contributed by atoms with Crippen LogP contribution < -0.4 is 10.3 Å². The number of methoxy groups -OCH3 is 1. The summed E-state index contributed by atoms with van der Waals surface area (Å²) in [5.41, 5.74) is 4.82. The van der Waals surface area contributed by atoms with Crippen LogP contribution in [0, 0.1) is 0 Å². The molecule has 0 saturated carbocycles. The van der Waals surface area contributed by atoms with Gasteiger partial charge in [-0.2, -0.15) is 0 Å². The number of aryl methyl sites for hydroxylation is 1. The Kier molecular flexibility index (Phi) is 5.93. The molecule has 0 fully saturated rings. The van der Waals surface area contributed by atoms with Gasteiger partial charge in [-0.05, 0) is 61.6 Å². The Hall–Kier alpha value is -3.87. The maximum absolute atomic E-state index is 13.1. The molecular weight excluding hydrogens is 442 g/mol. The number of nitrogens with zero attached hydrogens (tertiary/aromatic N) is 1. The second kappa shape index (κ2) is 9.06. The van der Waals surface area contributed by atoms with Gasteiger partial charge in [-0.15, -0.1) is 0 Å². The van der Waals surface area contributed by atoms with Gasteiger partial charge in [0.15, 0.2) is 0 Å². The van der Waals surface area contributed by atoms with E-state index in [1.807, 2.05) is 42.5 Å². The molecule has 1 atom stereocenters. The molecule has 2 N–H and O–H groups in total. The quantitative estimate of drug-likeness (QED) is 0.399. The largest absolute Gasteiger partial charge is 0.488 e. The topological polar surface area (TPSA) is 97.1 Å². The van der Waals surface area contributed by atoms with Crippen LogP contribution in [0.1, 0.15) is 60.6 Å². The normalized spacial score (nSPS) is 15.3. The monoisotopic (exact) mass is 471 g/mol. The summed E-state index contributed by atoms with van der Waals surface area (Å²) in [6.45, 7) is 4.20. The Morgan fingerprint density at radius 3 is 2.83 bits per heavy atom. The lowest BCUT2D eigenvalue weighted by Gasteiger charge is -2.32. The second-order valence-electron chi connectivity index (χ2n) is 9.70. The van der Waals surface area contributed by atoms with E-state index in [0.717, 1.165) is 46.3 Å². The van der Waals surface area contributed by atoms with Crippen molar-refractivity contribution < 1.29 is 14.3 Å². The van der Waals surface area contributed by atoms with Crippen molar-refractivity contribution in [3.63, 3.8) is 0 Å². The number of aromatic nitrogens is 3. The summed E-state index contributed by atoms with van der Waals surface area (Å²) < 4.78 is 11.1. The van der Waals surface area contributed by atoms with Gasteiger partial charge in [0, 0.05) is 35.2 Å². The molecule has 1 aliphatic heterocycles. The molecular formula is C28H29N3O4. The zero-order valence-corrected chi connectivity index (χ0v) is 20.2. The van der Waals surface area contributed by atoms with E-state index in [1.165, 1.54) is 12.7 Å². The van der Waals surface area contributed by atoms with Crippen molar-refractivity contribution >= 4 is 16.9 Å². The number of pyridine rings is 1. The van der Waals surface area contributed by atoms with Crippen LogP contribution >= 0.6 is 0 Å². The van der Waals surface area contributed by atoms with Crippen molar-refractivity contribution in [2.24, 2.45) is 0 Å². The summed E-state index contributed by atoms with van der Waals surface area (Å²) in [5.74, 6) is 0.0534. The molecule has 0 spiro atoms. The van der Waals surface area contributed by atoms with Crippen LogP contribution in [0.5, 0.6) is 5.75 Å². The highest BCUT2D eigenvalue weighted by molar-refractivity contribution is 5.84. The number of fused-ring (bicyclic) bond motifs is 2. The molecule has 7 nitrogen and oxygen atoms in total. The number of nitrogens with one attached hydrogen (secondary N) is 2. The summed E-state index contributed by atoms with van der Waals surface area (Å²) in [6, 6.07) is 15.8. The third-order valence-electron chi connectivity index (χ3n) is 6.79. The van der Waals surface area contributed by atoms with Crippen molar-refractivity contribution in [1.82, 2.24) is 15.2 Å². The molecule has 7 heteroatoms. The number of hydrogen-bond acceptors (Lipinski definition) is 5. The first-order chi connectivity index (χ1) is 16.8. The van der Waals surface area contributed by atoms with Crippen molar-refractivity contribution in [2.45, 2.75) is 51.0 Å². The fourth-order valence-electron chi connectivity index (χ4n) is 4.98. The van der Waals surface area contributed by atoms with Gasteiger partial charge < -0.3 is 14.6 Å². The van der Waals surface area contributed by atoms with Gasteiger partial charge in [-0.3, -0.25) is 19.7 Å². The Morgan fingerprint density at radius 1 is 1.17 bits per heavy atom. The smallest absolute Gasteiger partial charge is 0.306 e. The standard InChI is InChI=1S/C28H29N3O4/c1-28(2)12-10-18-14-17(8-9-24(18)35-28)15-23-26(27(33)31-30-23)21(16-25(32)34-3)19-11-13-29-22-7-5-4-6-20(19)22/h4-9,11,13-14,21H,10,12,15-16H2,1-3H3,(H2,30,31,33)/t21-/m0/s1. The van der Waals surface area contributed by atoms with E-state index in [9.17, 15) is 9.59 Å². The maximum atomic E-state index is 13.1. The average Bonchev–Trinajstić information content (AvgIpc) is 3.21. The molecule has 5 rings (SSSR count). The second-order valence-corrected chi connectivity index (χ2v) is 9.70. The summed E-state index contributed by atoms with van der Waals surface area (Å²) in [7, 11) is 1.36. The number of carbonyl (C=O) groups excluding carboxylic acids is 1. The number of hydrogen-bond donors (Lipinski definition) is 2. The highest BCUT2D eigenvalue weighted by Crippen LogP contribution is 2.36. The fourth-order valence-corrected chi connectivity index (χ4v) is 4.98. The minimum Gasteiger partial charge on any atom is -0.488 e. The van der Waals surface area contributed by atoms with E-state index < -0.39 is 5.92 Å². The lowest BCUT2D eigenvalue weighted by atomic mass is 9.85. The van der Waals surface area contributed by atoms with Gasteiger partial charge in [0.25, 0.3) is 5.56 Å². The minimum absolute atomic E-state index is 0.0472. The number of esters is 1. The molecule has 35 heavy (non-hydrogen) atoms. The number of benzene rings is 2. The van der Waals surface area contributed by atoms with Gasteiger partial charge in [-0.25, -0.2) is 0 Å². The van der Waals surface area contributed by atoms with E-state index in [4.69, 9.17) is 9.47 Å². The molecule has 180 valence electrons. The van der Waals surface area contributed by atoms with Crippen LogP contribution in [0.2, 0.25) is 0 Å². The molecule has 0 aliphatic carbocycles. The number of aromatic amines is 2. The number of para-hydroxylation sites is 1. The molecule has 1 aliphatic rings. The third kappa shape index (κ3) is 4.58. The van der Waals surface area contributed by atoms with Crippen LogP contribution in [0.15, 0.2) is 59.5 Å². The Morgan fingerprint density at radius 2 is 2.00 bits per heavy atom. The molecule has 0 unspecified atom stereocenters. The highest BCUT2D eigenvalue weighted by Gasteiger charge is 2.29. The first kappa shape index (κ1) is 22.9. The molecule has 2 aromatic carbocycles. The van der Waals surface area contributed by atoms with Crippen molar-refractivity contribution in [3.05, 3.63) is 93.0 Å².